The van der Waals surface area contributed by atoms with Crippen LogP contribution < -0.4 is 10.4 Å². The fourth-order valence-electron chi connectivity index (χ4n) is 2.50. The highest BCUT2D eigenvalue weighted by Crippen LogP contribution is 2.14. The number of aromatic nitrogens is 3. The van der Waals surface area contributed by atoms with Crippen molar-refractivity contribution in [3.8, 4) is 5.75 Å². The van der Waals surface area contributed by atoms with Crippen LogP contribution in [0.1, 0.15) is 24.2 Å². The van der Waals surface area contributed by atoms with Crippen LogP contribution >= 0.6 is 0 Å². The maximum Gasteiger partial charge on any atom is 0.346 e. The number of ether oxygens (including phenoxy) is 1. The Morgan fingerprint density at radius 1 is 1.37 bits per heavy atom. The first-order valence-electron chi connectivity index (χ1n) is 6.57. The maximum absolute atomic E-state index is 12.2. The molecule has 19 heavy (non-hydrogen) atoms. The molecule has 0 radical (unpaired) electrons. The number of hydrogen-bond donors (Lipinski definition) is 0. The smallest absolute Gasteiger partial charge is 0.346 e. The lowest BCUT2D eigenvalue weighted by molar-refractivity contribution is 0.414. The Morgan fingerprint density at radius 3 is 3.05 bits per heavy atom. The first-order valence-corrected chi connectivity index (χ1v) is 6.57. The number of hydrogen-bond acceptors (Lipinski definition) is 3. The van der Waals surface area contributed by atoms with Crippen molar-refractivity contribution in [1.29, 1.82) is 0 Å². The normalized spacial score (nSPS) is 14.2. The van der Waals surface area contributed by atoms with Crippen molar-refractivity contribution in [1.82, 2.24) is 14.3 Å². The van der Waals surface area contributed by atoms with Crippen molar-refractivity contribution >= 4 is 0 Å². The molecule has 0 N–H and O–H groups in total. The number of methoxy groups -OCH3 is 1. The molecule has 1 aromatic carbocycles. The summed E-state index contributed by atoms with van der Waals surface area (Å²) in [5, 5.41) is 4.43. The average Bonchev–Trinajstić information content (AvgIpc) is 2.76. The van der Waals surface area contributed by atoms with Crippen LogP contribution in [0.3, 0.4) is 0 Å². The summed E-state index contributed by atoms with van der Waals surface area (Å²) in [4.78, 5) is 12.2. The fourth-order valence-corrected chi connectivity index (χ4v) is 2.50. The molecule has 5 heteroatoms. The van der Waals surface area contributed by atoms with E-state index in [-0.39, 0.29) is 5.69 Å². The predicted molar refractivity (Wildman–Crippen MR) is 71.5 cm³/mol. The Hall–Kier alpha value is -2.04. The zero-order valence-corrected chi connectivity index (χ0v) is 11.0. The predicted octanol–water partition coefficient (Wildman–Crippen LogP) is 1.44. The van der Waals surface area contributed by atoms with E-state index < -0.39 is 0 Å². The van der Waals surface area contributed by atoms with E-state index >= 15 is 0 Å². The van der Waals surface area contributed by atoms with E-state index in [2.05, 4.69) is 5.10 Å². The maximum atomic E-state index is 12.2. The van der Waals surface area contributed by atoms with E-state index in [9.17, 15) is 4.79 Å². The molecular weight excluding hydrogens is 242 g/mol. The molecule has 1 aliphatic rings. The molecule has 2 heterocycles. The Balaban J connectivity index is 1.91. The van der Waals surface area contributed by atoms with E-state index in [1.807, 2.05) is 24.3 Å². The summed E-state index contributed by atoms with van der Waals surface area (Å²) in [6, 6.07) is 7.73. The summed E-state index contributed by atoms with van der Waals surface area (Å²) in [6.45, 7) is 1.29. The molecule has 1 aliphatic heterocycles. The van der Waals surface area contributed by atoms with Crippen LogP contribution in [-0.2, 0) is 19.5 Å². The van der Waals surface area contributed by atoms with Gasteiger partial charge in [-0.2, -0.15) is 5.10 Å². The molecule has 3 rings (SSSR count). The van der Waals surface area contributed by atoms with Crippen molar-refractivity contribution < 1.29 is 4.74 Å². The molecule has 0 atom stereocenters. The lowest BCUT2D eigenvalue weighted by Crippen LogP contribution is -2.27. The average molecular weight is 259 g/mol. The standard InChI is InChI=1S/C14H17N3O2/c1-19-12-6-4-5-11(9-12)10-17-14(18)16-8-3-2-7-13(16)15-17/h4-6,9H,2-3,7-8,10H2,1H3. The molecule has 1 aromatic heterocycles. The van der Waals surface area contributed by atoms with Gasteiger partial charge in [0, 0.05) is 13.0 Å². The largest absolute Gasteiger partial charge is 0.497 e. The van der Waals surface area contributed by atoms with Crippen LogP contribution in [0.2, 0.25) is 0 Å². The highest BCUT2D eigenvalue weighted by atomic mass is 16.5. The quantitative estimate of drug-likeness (QED) is 0.838. The van der Waals surface area contributed by atoms with Crippen molar-refractivity contribution in [2.24, 2.45) is 0 Å². The monoisotopic (exact) mass is 259 g/mol. The Bertz CT molecular complexity index is 642. The lowest BCUT2D eigenvalue weighted by Gasteiger charge is -2.09. The van der Waals surface area contributed by atoms with Gasteiger partial charge in [-0.15, -0.1) is 0 Å². The summed E-state index contributed by atoms with van der Waals surface area (Å²) >= 11 is 0. The zero-order chi connectivity index (χ0) is 13.2. The molecule has 0 aliphatic carbocycles. The molecule has 0 amide bonds. The summed E-state index contributed by atoms with van der Waals surface area (Å²) < 4.78 is 8.54. The van der Waals surface area contributed by atoms with Gasteiger partial charge in [0.25, 0.3) is 0 Å². The second-order valence-electron chi connectivity index (χ2n) is 4.82. The number of benzene rings is 1. The molecule has 100 valence electrons. The minimum absolute atomic E-state index is 0.00230. The molecule has 0 unspecified atom stereocenters. The molecule has 5 nitrogen and oxygen atoms in total. The number of aryl methyl sites for hydroxylation is 1. The van der Waals surface area contributed by atoms with Crippen LogP contribution in [0.5, 0.6) is 5.75 Å². The number of fused-ring (bicyclic) bond motifs is 1. The Kier molecular flexibility index (Phi) is 3.11. The molecule has 0 fully saturated rings. The summed E-state index contributed by atoms with van der Waals surface area (Å²) in [5.41, 5.74) is 1.02. The van der Waals surface area contributed by atoms with Crippen molar-refractivity contribution in [3.05, 3.63) is 46.1 Å². The van der Waals surface area contributed by atoms with Crippen LogP contribution in [0, 0.1) is 0 Å². The Morgan fingerprint density at radius 2 is 2.26 bits per heavy atom. The van der Waals surface area contributed by atoms with Crippen LogP contribution in [0.15, 0.2) is 29.1 Å². The van der Waals surface area contributed by atoms with Gasteiger partial charge in [0.15, 0.2) is 0 Å². The van der Waals surface area contributed by atoms with Gasteiger partial charge < -0.3 is 4.74 Å². The van der Waals surface area contributed by atoms with Gasteiger partial charge in [-0.25, -0.2) is 9.48 Å². The van der Waals surface area contributed by atoms with Gasteiger partial charge in [0.1, 0.15) is 11.6 Å². The van der Waals surface area contributed by atoms with Gasteiger partial charge >= 0.3 is 5.69 Å². The number of nitrogens with zero attached hydrogens (tertiary/aromatic N) is 3. The van der Waals surface area contributed by atoms with Gasteiger partial charge in [0.2, 0.25) is 0 Å². The molecule has 0 bridgehead atoms. The van der Waals surface area contributed by atoms with Gasteiger partial charge in [-0.1, -0.05) is 12.1 Å². The first kappa shape index (κ1) is 12.0. The second kappa shape index (κ2) is 4.91. The SMILES string of the molecule is COc1cccc(Cn2nc3n(c2=O)CCCC3)c1. The molecule has 0 saturated carbocycles. The molecule has 0 spiro atoms. The third kappa shape index (κ3) is 2.28. The summed E-state index contributed by atoms with van der Waals surface area (Å²) in [7, 11) is 1.64. The van der Waals surface area contributed by atoms with E-state index in [1.54, 1.807) is 16.4 Å². The highest BCUT2D eigenvalue weighted by Gasteiger charge is 2.16. The van der Waals surface area contributed by atoms with Crippen LogP contribution in [0.25, 0.3) is 0 Å². The third-order valence-corrected chi connectivity index (χ3v) is 3.50. The van der Waals surface area contributed by atoms with Crippen molar-refractivity contribution in [2.45, 2.75) is 32.4 Å². The molecule has 2 aromatic rings. The topological polar surface area (TPSA) is 49.0 Å². The molecule has 0 saturated heterocycles. The lowest BCUT2D eigenvalue weighted by atomic mass is 10.2. The van der Waals surface area contributed by atoms with Crippen LogP contribution in [0.4, 0.5) is 0 Å². The van der Waals surface area contributed by atoms with E-state index in [0.717, 1.165) is 42.9 Å². The van der Waals surface area contributed by atoms with E-state index in [1.165, 1.54) is 0 Å². The Labute approximate surface area is 111 Å². The number of rotatable bonds is 3. The minimum Gasteiger partial charge on any atom is -0.497 e. The third-order valence-electron chi connectivity index (χ3n) is 3.50. The van der Waals surface area contributed by atoms with Gasteiger partial charge in [-0.3, -0.25) is 4.57 Å². The van der Waals surface area contributed by atoms with Crippen molar-refractivity contribution in [3.63, 3.8) is 0 Å². The summed E-state index contributed by atoms with van der Waals surface area (Å²) in [6.07, 6.45) is 3.09. The fraction of sp³-hybridized carbons (Fsp3) is 0.429. The van der Waals surface area contributed by atoms with E-state index in [0.29, 0.717) is 6.54 Å². The van der Waals surface area contributed by atoms with Gasteiger partial charge in [-0.05, 0) is 30.5 Å². The highest BCUT2D eigenvalue weighted by molar-refractivity contribution is 5.28. The van der Waals surface area contributed by atoms with Crippen LogP contribution in [-0.4, -0.2) is 21.5 Å². The summed E-state index contributed by atoms with van der Waals surface area (Å²) in [5.74, 6) is 1.72. The minimum atomic E-state index is -0.00230. The van der Waals surface area contributed by atoms with Crippen molar-refractivity contribution in [2.75, 3.05) is 7.11 Å². The molecular formula is C14H17N3O2. The second-order valence-corrected chi connectivity index (χ2v) is 4.82. The zero-order valence-electron chi connectivity index (χ0n) is 11.0. The van der Waals surface area contributed by atoms with E-state index in [4.69, 9.17) is 4.74 Å². The van der Waals surface area contributed by atoms with Gasteiger partial charge in [0.05, 0.1) is 13.7 Å². The first-order chi connectivity index (χ1) is 9.28.